The van der Waals surface area contributed by atoms with E-state index >= 15 is 0 Å². The molecule has 0 bridgehead atoms. The summed E-state index contributed by atoms with van der Waals surface area (Å²) in [6.45, 7) is 11.1. The van der Waals surface area contributed by atoms with E-state index in [4.69, 9.17) is 0 Å². The number of hydrogen-bond donors (Lipinski definition) is 2. The second-order valence-electron chi connectivity index (χ2n) is 6.43. The summed E-state index contributed by atoms with van der Waals surface area (Å²) in [6.07, 6.45) is 0.905. The number of nitrogens with zero attached hydrogens (tertiary/aromatic N) is 2. The van der Waals surface area contributed by atoms with Crippen molar-refractivity contribution in [1.82, 2.24) is 19.8 Å². The fraction of sp³-hybridized carbons (Fsp3) is 0.786. The molecule has 2 heterocycles. The Labute approximate surface area is 127 Å². The molecule has 120 valence electrons. The Kier molecular flexibility index (Phi) is 4.75. The molecule has 2 N–H and O–H groups in total. The molecule has 0 aromatic carbocycles. The topological polar surface area (TPSA) is 78.1 Å². The summed E-state index contributed by atoms with van der Waals surface area (Å²) in [5.41, 5.74) is 1.55. The van der Waals surface area contributed by atoms with E-state index in [9.17, 15) is 8.42 Å². The van der Waals surface area contributed by atoms with Crippen LogP contribution in [0.3, 0.4) is 0 Å². The Bertz CT molecular complexity index is 594. The van der Waals surface area contributed by atoms with Crippen LogP contribution in [0.4, 0.5) is 0 Å². The van der Waals surface area contributed by atoms with Crippen molar-refractivity contribution < 1.29 is 8.42 Å². The van der Waals surface area contributed by atoms with Crippen LogP contribution in [0.25, 0.3) is 0 Å². The molecule has 21 heavy (non-hydrogen) atoms. The number of H-pyrrole nitrogens is 1. The fourth-order valence-corrected chi connectivity index (χ4v) is 4.80. The van der Waals surface area contributed by atoms with Crippen molar-refractivity contribution in [2.24, 2.45) is 5.92 Å². The van der Waals surface area contributed by atoms with Crippen molar-refractivity contribution >= 4 is 10.0 Å². The van der Waals surface area contributed by atoms with E-state index < -0.39 is 10.0 Å². The van der Waals surface area contributed by atoms with Crippen LogP contribution >= 0.6 is 0 Å². The average Bonchev–Trinajstić information content (AvgIpc) is 2.90. The molecule has 1 aromatic heterocycles. The minimum atomic E-state index is -3.53. The van der Waals surface area contributed by atoms with Crippen molar-refractivity contribution in [1.29, 1.82) is 0 Å². The van der Waals surface area contributed by atoms with E-state index in [-0.39, 0.29) is 11.1 Å². The quantitative estimate of drug-likeness (QED) is 0.866. The predicted molar refractivity (Wildman–Crippen MR) is 82.4 cm³/mol. The SMILES string of the molecule is Cc1[nH]nc(S(=O)(=O)N2CC(C)CC2C)c1CNC(C)C. The third kappa shape index (κ3) is 3.30. The lowest BCUT2D eigenvalue weighted by Crippen LogP contribution is -2.35. The van der Waals surface area contributed by atoms with Crippen molar-refractivity contribution in [3.63, 3.8) is 0 Å². The molecule has 1 fully saturated rings. The van der Waals surface area contributed by atoms with Crippen LogP contribution in [0.1, 0.15) is 45.4 Å². The highest BCUT2D eigenvalue weighted by atomic mass is 32.2. The minimum Gasteiger partial charge on any atom is -0.310 e. The molecule has 1 aliphatic rings. The maximum atomic E-state index is 12.9. The molecule has 1 aromatic rings. The molecular weight excluding hydrogens is 288 g/mol. The number of hydrogen-bond acceptors (Lipinski definition) is 4. The van der Waals surface area contributed by atoms with Crippen molar-refractivity contribution in [2.45, 2.75) is 64.7 Å². The van der Waals surface area contributed by atoms with Gasteiger partial charge in [0.1, 0.15) is 0 Å². The molecule has 0 amide bonds. The van der Waals surface area contributed by atoms with Crippen molar-refractivity contribution in [2.75, 3.05) is 6.54 Å². The van der Waals surface area contributed by atoms with Crippen LogP contribution in [0, 0.1) is 12.8 Å². The average molecular weight is 314 g/mol. The number of aromatic amines is 1. The highest BCUT2D eigenvalue weighted by Crippen LogP contribution is 2.30. The molecule has 1 saturated heterocycles. The van der Waals surface area contributed by atoms with E-state index in [1.165, 1.54) is 0 Å². The molecular formula is C14H26N4O2S. The normalized spacial score (nSPS) is 24.1. The molecule has 0 radical (unpaired) electrons. The van der Waals surface area contributed by atoms with E-state index in [1.807, 2.05) is 27.7 Å². The first kappa shape index (κ1) is 16.5. The molecule has 6 nitrogen and oxygen atoms in total. The Morgan fingerprint density at radius 1 is 1.43 bits per heavy atom. The van der Waals surface area contributed by atoms with E-state index in [0.29, 0.717) is 25.0 Å². The predicted octanol–water partition coefficient (Wildman–Crippen LogP) is 1.64. The summed E-state index contributed by atoms with van der Waals surface area (Å²) in [5, 5.41) is 10.3. The zero-order valence-electron chi connectivity index (χ0n) is 13.5. The highest BCUT2D eigenvalue weighted by molar-refractivity contribution is 7.89. The van der Waals surface area contributed by atoms with Crippen LogP contribution in [0.15, 0.2) is 5.03 Å². The largest absolute Gasteiger partial charge is 0.310 e. The summed E-state index contributed by atoms with van der Waals surface area (Å²) in [6, 6.07) is 0.327. The van der Waals surface area contributed by atoms with Gasteiger partial charge < -0.3 is 5.32 Å². The van der Waals surface area contributed by atoms with Gasteiger partial charge in [-0.3, -0.25) is 5.10 Å². The second kappa shape index (κ2) is 6.06. The lowest BCUT2D eigenvalue weighted by molar-refractivity contribution is 0.402. The molecule has 0 aliphatic carbocycles. The summed E-state index contributed by atoms with van der Waals surface area (Å²) >= 11 is 0. The van der Waals surface area contributed by atoms with E-state index in [0.717, 1.165) is 17.7 Å². The van der Waals surface area contributed by atoms with E-state index in [1.54, 1.807) is 4.31 Å². The van der Waals surface area contributed by atoms with E-state index in [2.05, 4.69) is 22.4 Å². The van der Waals surface area contributed by atoms with Gasteiger partial charge in [-0.15, -0.1) is 0 Å². The van der Waals surface area contributed by atoms with Crippen LogP contribution in [0.5, 0.6) is 0 Å². The fourth-order valence-electron chi connectivity index (χ4n) is 2.87. The van der Waals surface area contributed by atoms with Gasteiger partial charge in [0.2, 0.25) is 0 Å². The van der Waals surface area contributed by atoms with Crippen LogP contribution in [0.2, 0.25) is 0 Å². The Morgan fingerprint density at radius 2 is 2.10 bits per heavy atom. The molecule has 2 unspecified atom stereocenters. The molecule has 2 atom stereocenters. The third-order valence-corrected chi connectivity index (χ3v) is 5.96. The molecule has 0 spiro atoms. The number of aryl methyl sites for hydroxylation is 1. The Hall–Kier alpha value is -0.920. The highest BCUT2D eigenvalue weighted by Gasteiger charge is 2.38. The van der Waals surface area contributed by atoms with Gasteiger partial charge in [0.25, 0.3) is 10.0 Å². The van der Waals surface area contributed by atoms with Gasteiger partial charge in [0.05, 0.1) is 0 Å². The summed E-state index contributed by atoms with van der Waals surface area (Å²) in [5.74, 6) is 0.395. The van der Waals surface area contributed by atoms with Crippen LogP contribution in [-0.2, 0) is 16.6 Å². The first-order chi connectivity index (χ1) is 9.73. The van der Waals surface area contributed by atoms with Gasteiger partial charge >= 0.3 is 0 Å². The summed E-state index contributed by atoms with van der Waals surface area (Å²) < 4.78 is 27.4. The molecule has 0 saturated carbocycles. The van der Waals surface area contributed by atoms with Gasteiger partial charge in [0, 0.05) is 36.4 Å². The summed E-state index contributed by atoms with van der Waals surface area (Å²) in [7, 11) is -3.53. The zero-order valence-corrected chi connectivity index (χ0v) is 14.3. The van der Waals surface area contributed by atoms with Crippen molar-refractivity contribution in [3.05, 3.63) is 11.3 Å². The molecule has 1 aliphatic heterocycles. The zero-order chi connectivity index (χ0) is 15.8. The maximum Gasteiger partial charge on any atom is 0.262 e. The standard InChI is InChI=1S/C14H26N4O2S/c1-9(2)15-7-13-12(5)16-17-14(13)21(19,20)18-8-10(3)6-11(18)4/h9-11,15H,6-8H2,1-5H3,(H,16,17). The summed E-state index contributed by atoms with van der Waals surface area (Å²) in [4.78, 5) is 0. The van der Waals surface area contributed by atoms with Gasteiger partial charge in [0.15, 0.2) is 5.03 Å². The second-order valence-corrected chi connectivity index (χ2v) is 8.24. The monoisotopic (exact) mass is 314 g/mol. The number of sulfonamides is 1. The van der Waals surface area contributed by atoms with Gasteiger partial charge in [-0.2, -0.15) is 9.40 Å². The Morgan fingerprint density at radius 3 is 2.62 bits per heavy atom. The van der Waals surface area contributed by atoms with Gasteiger partial charge in [-0.25, -0.2) is 8.42 Å². The number of rotatable bonds is 5. The lowest BCUT2D eigenvalue weighted by atomic mass is 10.1. The van der Waals surface area contributed by atoms with Crippen LogP contribution < -0.4 is 5.32 Å². The minimum absolute atomic E-state index is 0.0351. The molecule has 7 heteroatoms. The van der Waals surface area contributed by atoms with Gasteiger partial charge in [-0.05, 0) is 26.2 Å². The first-order valence-electron chi connectivity index (χ1n) is 7.52. The lowest BCUT2D eigenvalue weighted by Gasteiger charge is -2.20. The van der Waals surface area contributed by atoms with Gasteiger partial charge in [-0.1, -0.05) is 20.8 Å². The first-order valence-corrected chi connectivity index (χ1v) is 8.96. The molecule has 2 rings (SSSR count). The smallest absolute Gasteiger partial charge is 0.262 e. The Balaban J connectivity index is 2.32. The maximum absolute atomic E-state index is 12.9. The number of aromatic nitrogens is 2. The van der Waals surface area contributed by atoms with Crippen LogP contribution in [-0.4, -0.2) is 41.5 Å². The third-order valence-electron chi connectivity index (χ3n) is 4.00. The number of nitrogens with one attached hydrogen (secondary N) is 2. The van der Waals surface area contributed by atoms with Crippen molar-refractivity contribution in [3.8, 4) is 0 Å².